The molecule has 0 radical (unpaired) electrons. The second-order valence-electron chi connectivity index (χ2n) is 13.7. The molecule has 2 aromatic rings. The number of benzene rings is 1. The lowest BCUT2D eigenvalue weighted by molar-refractivity contribution is 0.0129. The number of hydrogen-bond donors (Lipinski definition) is 0. The number of carbonyl (C=O) groups is 3. The van der Waals surface area contributed by atoms with Crippen LogP contribution in [0.3, 0.4) is 0 Å². The second kappa shape index (κ2) is 11.8. The molecule has 2 amide bonds. The van der Waals surface area contributed by atoms with Crippen LogP contribution in [-0.2, 0) is 39.4 Å². The SMILES string of the molecule is COC(=O)c1ccc(C2(N(C)C(=O)c3nn(COCC[Si](C)(C)C)c4c3CN(C(=O)OC(C)(C)C)C(C)C4)CC2)cc1. The Labute approximate surface area is 250 Å². The van der Waals surface area contributed by atoms with Gasteiger partial charge in [-0.25, -0.2) is 14.3 Å². The lowest BCUT2D eigenvalue weighted by Crippen LogP contribution is -2.46. The van der Waals surface area contributed by atoms with Gasteiger partial charge in [-0.1, -0.05) is 31.8 Å². The summed E-state index contributed by atoms with van der Waals surface area (Å²) >= 11 is 0. The van der Waals surface area contributed by atoms with Gasteiger partial charge >= 0.3 is 12.1 Å². The molecule has 230 valence electrons. The number of aromatic nitrogens is 2. The maximum atomic E-state index is 14.2. The van der Waals surface area contributed by atoms with E-state index in [0.29, 0.717) is 24.3 Å². The molecule has 0 saturated heterocycles. The zero-order valence-electron chi connectivity index (χ0n) is 26.6. The van der Waals surface area contributed by atoms with Crippen LogP contribution in [0.15, 0.2) is 24.3 Å². The summed E-state index contributed by atoms with van der Waals surface area (Å²) in [6.45, 7) is 15.6. The van der Waals surface area contributed by atoms with Crippen molar-refractivity contribution >= 4 is 26.0 Å². The van der Waals surface area contributed by atoms with E-state index in [9.17, 15) is 14.4 Å². The molecule has 4 rings (SSSR count). The number of amides is 2. The summed E-state index contributed by atoms with van der Waals surface area (Å²) in [5.41, 5.74) is 2.29. The monoisotopic (exact) mass is 598 g/mol. The van der Waals surface area contributed by atoms with Gasteiger partial charge in [0.15, 0.2) is 5.69 Å². The normalized spacial score (nSPS) is 17.8. The third-order valence-corrected chi connectivity index (χ3v) is 9.77. The quantitative estimate of drug-likeness (QED) is 0.216. The summed E-state index contributed by atoms with van der Waals surface area (Å²) in [6, 6.07) is 8.13. The zero-order chi connectivity index (χ0) is 31.0. The Morgan fingerprint density at radius 1 is 1.12 bits per heavy atom. The highest BCUT2D eigenvalue weighted by atomic mass is 28.3. The number of fused-ring (bicyclic) bond motifs is 1. The van der Waals surface area contributed by atoms with Crippen molar-refractivity contribution in [1.82, 2.24) is 19.6 Å². The standard InChI is InChI=1S/C31H46N4O6Si/c1-21-18-25-24(19-34(21)29(38)41-30(2,3)4)26(32-35(25)20-40-16-17-42(7,8)9)27(36)33(5)31(14-15-31)23-12-10-22(11-13-23)28(37)39-6/h10-13,21H,14-20H2,1-9H3. The highest BCUT2D eigenvalue weighted by molar-refractivity contribution is 6.76. The van der Waals surface area contributed by atoms with E-state index < -0.39 is 31.3 Å². The summed E-state index contributed by atoms with van der Waals surface area (Å²) in [4.78, 5) is 42.7. The summed E-state index contributed by atoms with van der Waals surface area (Å²) in [6.07, 6.45) is 1.74. The minimum atomic E-state index is -1.26. The molecule has 1 aliphatic heterocycles. The molecule has 2 heterocycles. The van der Waals surface area contributed by atoms with Gasteiger partial charge in [-0.15, -0.1) is 0 Å². The Morgan fingerprint density at radius 3 is 2.31 bits per heavy atom. The predicted molar refractivity (Wildman–Crippen MR) is 162 cm³/mol. The van der Waals surface area contributed by atoms with E-state index in [1.807, 2.05) is 39.8 Å². The van der Waals surface area contributed by atoms with E-state index in [1.165, 1.54) is 7.11 Å². The van der Waals surface area contributed by atoms with E-state index in [1.54, 1.807) is 33.7 Å². The fraction of sp³-hybridized carbons (Fsp3) is 0.613. The van der Waals surface area contributed by atoms with Gasteiger partial charge in [0.2, 0.25) is 0 Å². The minimum Gasteiger partial charge on any atom is -0.465 e. The fourth-order valence-corrected chi connectivity index (χ4v) is 6.10. The van der Waals surface area contributed by atoms with Crippen LogP contribution < -0.4 is 0 Å². The average Bonchev–Trinajstić information content (AvgIpc) is 3.65. The average molecular weight is 599 g/mol. The van der Waals surface area contributed by atoms with Crippen molar-refractivity contribution in [2.75, 3.05) is 20.8 Å². The summed E-state index contributed by atoms with van der Waals surface area (Å²) in [5, 5.41) is 4.80. The van der Waals surface area contributed by atoms with Crippen molar-refractivity contribution in [3.63, 3.8) is 0 Å². The maximum absolute atomic E-state index is 14.2. The number of esters is 1. The van der Waals surface area contributed by atoms with Crippen molar-refractivity contribution in [1.29, 1.82) is 0 Å². The third kappa shape index (κ3) is 6.89. The van der Waals surface area contributed by atoms with Gasteiger partial charge in [0.25, 0.3) is 5.91 Å². The third-order valence-electron chi connectivity index (χ3n) is 8.07. The van der Waals surface area contributed by atoms with Gasteiger partial charge in [0.05, 0.1) is 24.8 Å². The first-order valence-electron chi connectivity index (χ1n) is 14.7. The van der Waals surface area contributed by atoms with Crippen LogP contribution in [0.5, 0.6) is 0 Å². The molecule has 1 aromatic carbocycles. The van der Waals surface area contributed by atoms with E-state index in [2.05, 4.69) is 19.6 Å². The topological polar surface area (TPSA) is 103 Å². The van der Waals surface area contributed by atoms with Crippen molar-refractivity contribution in [2.45, 2.75) is 103 Å². The van der Waals surface area contributed by atoms with Gasteiger partial charge in [-0.2, -0.15) is 5.10 Å². The Bertz CT molecular complexity index is 1320. The Morgan fingerprint density at radius 2 is 1.76 bits per heavy atom. The predicted octanol–water partition coefficient (Wildman–Crippen LogP) is 5.43. The summed E-state index contributed by atoms with van der Waals surface area (Å²) in [5.74, 6) is -0.607. The number of rotatable bonds is 9. The lowest BCUT2D eigenvalue weighted by Gasteiger charge is -2.35. The van der Waals surface area contributed by atoms with E-state index in [-0.39, 0.29) is 25.2 Å². The van der Waals surface area contributed by atoms with Crippen molar-refractivity contribution < 1.29 is 28.6 Å². The van der Waals surface area contributed by atoms with Crippen LogP contribution in [0.4, 0.5) is 4.79 Å². The number of ether oxygens (including phenoxy) is 3. The Balaban J connectivity index is 1.63. The molecule has 42 heavy (non-hydrogen) atoms. The first kappa shape index (κ1) is 31.7. The van der Waals surface area contributed by atoms with Crippen LogP contribution in [0.1, 0.15) is 78.2 Å². The molecule has 1 unspecified atom stereocenters. The smallest absolute Gasteiger partial charge is 0.410 e. The minimum absolute atomic E-state index is 0.131. The summed E-state index contributed by atoms with van der Waals surface area (Å²) < 4.78 is 18.4. The highest BCUT2D eigenvalue weighted by Crippen LogP contribution is 2.51. The van der Waals surface area contributed by atoms with E-state index in [0.717, 1.165) is 35.7 Å². The molecule has 1 fully saturated rings. The molecule has 0 spiro atoms. The molecular weight excluding hydrogens is 552 g/mol. The van der Waals surface area contributed by atoms with Crippen LogP contribution in [0.2, 0.25) is 25.7 Å². The molecule has 1 aromatic heterocycles. The van der Waals surface area contributed by atoms with Crippen LogP contribution in [-0.4, -0.2) is 78.0 Å². The van der Waals surface area contributed by atoms with Gasteiger partial charge in [-0.05, 0) is 64.3 Å². The molecule has 11 heteroatoms. The van der Waals surface area contributed by atoms with Gasteiger partial charge in [0.1, 0.15) is 12.3 Å². The molecule has 2 aliphatic rings. The largest absolute Gasteiger partial charge is 0.465 e. The zero-order valence-corrected chi connectivity index (χ0v) is 27.6. The van der Waals surface area contributed by atoms with Crippen molar-refractivity contribution in [3.8, 4) is 0 Å². The number of hydrogen-bond acceptors (Lipinski definition) is 7. The molecule has 10 nitrogen and oxygen atoms in total. The van der Waals surface area contributed by atoms with Crippen LogP contribution in [0.25, 0.3) is 0 Å². The van der Waals surface area contributed by atoms with Gasteiger partial charge < -0.3 is 24.0 Å². The van der Waals surface area contributed by atoms with E-state index >= 15 is 0 Å². The van der Waals surface area contributed by atoms with Crippen molar-refractivity contribution in [3.05, 3.63) is 52.3 Å². The Kier molecular flexibility index (Phi) is 8.94. The molecule has 1 aliphatic carbocycles. The lowest BCUT2D eigenvalue weighted by atomic mass is 9.98. The first-order chi connectivity index (χ1) is 19.6. The first-order valence-corrected chi connectivity index (χ1v) is 18.4. The van der Waals surface area contributed by atoms with Crippen LogP contribution in [0, 0.1) is 0 Å². The second-order valence-corrected chi connectivity index (χ2v) is 19.4. The number of carbonyl (C=O) groups excluding carboxylic acids is 3. The van der Waals surface area contributed by atoms with Crippen molar-refractivity contribution in [2.24, 2.45) is 0 Å². The summed E-state index contributed by atoms with van der Waals surface area (Å²) in [7, 11) is 1.89. The van der Waals surface area contributed by atoms with Gasteiger partial charge in [0, 0.05) is 45.4 Å². The fourth-order valence-electron chi connectivity index (χ4n) is 5.34. The molecule has 1 saturated carbocycles. The molecule has 0 bridgehead atoms. The number of methoxy groups -OCH3 is 1. The molecular formula is C31H46N4O6Si. The van der Waals surface area contributed by atoms with Crippen LogP contribution >= 0.6 is 0 Å². The molecule has 1 atom stereocenters. The number of nitrogens with zero attached hydrogens (tertiary/aromatic N) is 4. The molecule has 0 N–H and O–H groups in total. The highest BCUT2D eigenvalue weighted by Gasteiger charge is 2.51. The maximum Gasteiger partial charge on any atom is 0.410 e. The van der Waals surface area contributed by atoms with Gasteiger partial charge in [-0.3, -0.25) is 4.79 Å². The Hall–Kier alpha value is -3.18. The van der Waals surface area contributed by atoms with E-state index in [4.69, 9.17) is 19.3 Å².